The minimum Gasteiger partial charge on any atom is -0.361 e. The third kappa shape index (κ3) is 8.39. The summed E-state index contributed by atoms with van der Waals surface area (Å²) >= 11 is 1.61. The number of benzene rings is 3. The molecule has 2 heterocycles. The Hall–Kier alpha value is -4.74. The number of aromatic amines is 1. The van der Waals surface area contributed by atoms with Crippen molar-refractivity contribution < 1.29 is 22.8 Å². The highest BCUT2D eigenvalue weighted by atomic mass is 32.2. The summed E-state index contributed by atoms with van der Waals surface area (Å²) < 4.78 is 27.4. The fraction of sp³-hybridized carbons (Fsp3) is 0.270. The Morgan fingerprint density at radius 1 is 0.896 bits per heavy atom. The molecule has 250 valence electrons. The van der Waals surface area contributed by atoms with Crippen molar-refractivity contribution in [2.75, 3.05) is 12.8 Å². The van der Waals surface area contributed by atoms with Crippen molar-refractivity contribution >= 4 is 50.0 Å². The Balaban J connectivity index is 1.47. The second kappa shape index (κ2) is 15.0. The zero-order chi connectivity index (χ0) is 34.4. The zero-order valence-corrected chi connectivity index (χ0v) is 29.1. The number of aryl methyl sites for hydroxylation is 2. The molecule has 48 heavy (non-hydrogen) atoms. The molecule has 9 nitrogen and oxygen atoms in total. The third-order valence-corrected chi connectivity index (χ3v) is 10.4. The molecule has 5 aromatic rings. The topological polar surface area (TPSA) is 128 Å². The van der Waals surface area contributed by atoms with Crippen molar-refractivity contribution in [3.63, 3.8) is 0 Å². The number of thiophene rings is 1. The van der Waals surface area contributed by atoms with E-state index in [1.807, 2.05) is 79.9 Å². The average molecular weight is 685 g/mol. The molecule has 0 aliphatic heterocycles. The number of nitrogens with one attached hydrogen (secondary N) is 3. The third-order valence-electron chi connectivity index (χ3n) is 8.26. The molecule has 0 spiro atoms. The fourth-order valence-corrected chi connectivity index (χ4v) is 7.63. The second-order valence-corrected chi connectivity index (χ2v) is 14.8. The monoisotopic (exact) mass is 684 g/mol. The molecule has 3 aromatic carbocycles. The van der Waals surface area contributed by atoms with Gasteiger partial charge in [0.25, 0.3) is 11.8 Å². The van der Waals surface area contributed by atoms with E-state index in [1.165, 1.54) is 4.90 Å². The smallest absolute Gasteiger partial charge is 0.256 e. The van der Waals surface area contributed by atoms with Gasteiger partial charge < -0.3 is 15.2 Å². The van der Waals surface area contributed by atoms with Crippen molar-refractivity contribution in [2.24, 2.45) is 0 Å². The van der Waals surface area contributed by atoms with Gasteiger partial charge in [0.05, 0.1) is 5.75 Å². The zero-order valence-electron chi connectivity index (χ0n) is 27.4. The maximum Gasteiger partial charge on any atom is 0.256 e. The minimum absolute atomic E-state index is 0.0278. The van der Waals surface area contributed by atoms with E-state index in [-0.39, 0.29) is 24.5 Å². The first kappa shape index (κ1) is 34.6. The van der Waals surface area contributed by atoms with Gasteiger partial charge >= 0.3 is 0 Å². The first-order valence-electron chi connectivity index (χ1n) is 15.8. The van der Waals surface area contributed by atoms with Gasteiger partial charge in [-0.1, -0.05) is 66.6 Å². The lowest BCUT2D eigenvalue weighted by Crippen LogP contribution is -2.56. The van der Waals surface area contributed by atoms with Gasteiger partial charge in [-0.3, -0.25) is 19.1 Å². The Bertz CT molecular complexity index is 2000. The highest BCUT2D eigenvalue weighted by Gasteiger charge is 2.33. The van der Waals surface area contributed by atoms with Crippen molar-refractivity contribution in [1.29, 1.82) is 0 Å². The number of para-hydroxylation sites is 1. The lowest BCUT2D eigenvalue weighted by molar-refractivity contribution is -0.130. The SMILES string of the molecule is CCCS(=O)(=O)NC(=O)[C@H](Cc1c[nH]c2ccccc12)NC(=O)[C@@H](Cc1ccc(-c2ccsc2)cc1)N(C)C(=O)c1cc(C)cc(C)c1. The molecule has 0 aliphatic carbocycles. The fourth-order valence-electron chi connectivity index (χ4n) is 5.88. The summed E-state index contributed by atoms with van der Waals surface area (Å²) in [7, 11) is -2.35. The molecule has 11 heteroatoms. The van der Waals surface area contributed by atoms with E-state index in [1.54, 1.807) is 43.6 Å². The number of nitrogens with zero attached hydrogens (tertiary/aromatic N) is 1. The molecule has 0 aliphatic rings. The van der Waals surface area contributed by atoms with E-state index in [0.29, 0.717) is 12.0 Å². The quantitative estimate of drug-likeness (QED) is 0.145. The molecule has 3 amide bonds. The number of likely N-dealkylation sites (N-methyl/N-ethyl adjacent to an activating group) is 1. The number of aromatic nitrogens is 1. The van der Waals surface area contributed by atoms with Crippen LogP contribution in [0.3, 0.4) is 0 Å². The van der Waals surface area contributed by atoms with Crippen LogP contribution in [-0.2, 0) is 32.5 Å². The van der Waals surface area contributed by atoms with Crippen LogP contribution in [0.15, 0.2) is 89.8 Å². The van der Waals surface area contributed by atoms with Crippen LogP contribution < -0.4 is 10.0 Å². The van der Waals surface area contributed by atoms with E-state index < -0.39 is 33.9 Å². The molecule has 2 aromatic heterocycles. The summed E-state index contributed by atoms with van der Waals surface area (Å²) in [6.45, 7) is 5.52. The van der Waals surface area contributed by atoms with Gasteiger partial charge in [0.15, 0.2) is 0 Å². The van der Waals surface area contributed by atoms with Crippen LogP contribution >= 0.6 is 11.3 Å². The number of fused-ring (bicyclic) bond motifs is 1. The molecule has 0 bridgehead atoms. The predicted molar refractivity (Wildman–Crippen MR) is 191 cm³/mol. The number of rotatable bonds is 13. The summed E-state index contributed by atoms with van der Waals surface area (Å²) in [5.74, 6) is -2.00. The minimum atomic E-state index is -3.92. The number of H-pyrrole nitrogens is 1. The largest absolute Gasteiger partial charge is 0.361 e. The molecule has 0 radical (unpaired) electrons. The highest BCUT2D eigenvalue weighted by molar-refractivity contribution is 7.90. The van der Waals surface area contributed by atoms with Crippen LogP contribution in [0.4, 0.5) is 0 Å². The Labute approximate surface area is 285 Å². The molecule has 0 unspecified atom stereocenters. The van der Waals surface area contributed by atoms with E-state index in [9.17, 15) is 22.8 Å². The maximum atomic E-state index is 14.3. The van der Waals surface area contributed by atoms with Crippen LogP contribution in [0.25, 0.3) is 22.0 Å². The van der Waals surface area contributed by atoms with Crippen molar-refractivity contribution in [1.82, 2.24) is 19.9 Å². The second-order valence-electron chi connectivity index (χ2n) is 12.1. The molecule has 0 fully saturated rings. The van der Waals surface area contributed by atoms with E-state index in [4.69, 9.17) is 0 Å². The lowest BCUT2D eigenvalue weighted by atomic mass is 9.99. The average Bonchev–Trinajstić information content (AvgIpc) is 3.73. The number of sulfonamides is 1. The van der Waals surface area contributed by atoms with Gasteiger partial charge in [0, 0.05) is 42.6 Å². The van der Waals surface area contributed by atoms with Crippen LogP contribution in [-0.4, -0.2) is 60.9 Å². The maximum absolute atomic E-state index is 14.3. The highest BCUT2D eigenvalue weighted by Crippen LogP contribution is 2.24. The van der Waals surface area contributed by atoms with Crippen molar-refractivity contribution in [2.45, 2.75) is 52.1 Å². The van der Waals surface area contributed by atoms with Crippen molar-refractivity contribution in [3.8, 4) is 11.1 Å². The van der Waals surface area contributed by atoms with Gasteiger partial charge in [-0.05, 0) is 77.5 Å². The first-order chi connectivity index (χ1) is 22.9. The number of amides is 3. The van der Waals surface area contributed by atoms with Crippen molar-refractivity contribution in [3.05, 3.63) is 118 Å². The van der Waals surface area contributed by atoms with E-state index in [0.717, 1.165) is 44.3 Å². The van der Waals surface area contributed by atoms with Gasteiger partial charge in [-0.2, -0.15) is 11.3 Å². The molecule has 2 atom stereocenters. The molecule has 3 N–H and O–H groups in total. The van der Waals surface area contributed by atoms with Crippen LogP contribution in [0.5, 0.6) is 0 Å². The molecular formula is C37H40N4O5S2. The summed E-state index contributed by atoms with van der Waals surface area (Å²) in [6, 6.07) is 20.6. The van der Waals surface area contributed by atoms with Gasteiger partial charge in [0.1, 0.15) is 12.1 Å². The van der Waals surface area contributed by atoms with Gasteiger partial charge in [0.2, 0.25) is 15.9 Å². The van der Waals surface area contributed by atoms with Crippen LogP contribution in [0.1, 0.15) is 46.0 Å². The Morgan fingerprint density at radius 3 is 2.27 bits per heavy atom. The summed E-state index contributed by atoms with van der Waals surface area (Å²) in [5, 5.41) is 7.74. The van der Waals surface area contributed by atoms with Gasteiger partial charge in [-0.25, -0.2) is 8.42 Å². The number of hydrogen-bond acceptors (Lipinski definition) is 6. The molecule has 0 saturated carbocycles. The lowest BCUT2D eigenvalue weighted by Gasteiger charge is -2.29. The predicted octanol–water partition coefficient (Wildman–Crippen LogP) is 5.78. The van der Waals surface area contributed by atoms with Crippen LogP contribution in [0.2, 0.25) is 0 Å². The molecular weight excluding hydrogens is 645 g/mol. The van der Waals surface area contributed by atoms with Gasteiger partial charge in [-0.15, -0.1) is 0 Å². The van der Waals surface area contributed by atoms with Crippen LogP contribution in [0, 0.1) is 13.8 Å². The molecule has 5 rings (SSSR count). The first-order valence-corrected chi connectivity index (χ1v) is 18.4. The number of carbonyl (C=O) groups excluding carboxylic acids is 3. The normalized spacial score (nSPS) is 12.8. The van der Waals surface area contributed by atoms with E-state index in [2.05, 4.69) is 20.4 Å². The summed E-state index contributed by atoms with van der Waals surface area (Å²) in [4.78, 5) is 46.3. The Morgan fingerprint density at radius 2 is 1.60 bits per heavy atom. The van der Waals surface area contributed by atoms with E-state index >= 15 is 0 Å². The number of carbonyl (C=O) groups is 3. The Kier molecular flexibility index (Phi) is 10.8. The molecule has 0 saturated heterocycles. The number of hydrogen-bond donors (Lipinski definition) is 3. The summed E-state index contributed by atoms with van der Waals surface area (Å²) in [5.41, 5.74) is 6.80. The standard InChI is InChI=1S/C37H40N4O5S2/c1-5-16-48(45,46)40-35(42)33(21-30-22-38-32-9-7-6-8-31(30)32)39-36(43)34(41(4)37(44)29-18-24(2)17-25(3)19-29)20-26-10-12-27(13-11-26)28-14-15-47-23-28/h6-15,17-19,22-23,33-34,38H,5,16,20-21H2,1-4H3,(H,39,43)(H,40,42)/t33-,34+/m0/s1. The summed E-state index contributed by atoms with van der Waals surface area (Å²) in [6.07, 6.45) is 2.26.